The number of hydrogen-bond donors (Lipinski definition) is 2. The molecule has 0 heterocycles. The highest BCUT2D eigenvalue weighted by molar-refractivity contribution is 5.92. The molecule has 0 radical (unpaired) electrons. The topological polar surface area (TPSA) is 58.4 Å². The molecule has 1 amide bonds. The Morgan fingerprint density at radius 1 is 1.25 bits per heavy atom. The number of nitrogens with one attached hydrogen (secondary N) is 1. The molecule has 0 aromatic heterocycles. The number of carbonyl (C=O) groups is 1. The average molecular weight is 277 g/mol. The van der Waals surface area contributed by atoms with Gasteiger partial charge in [0, 0.05) is 24.8 Å². The Hall–Kier alpha value is -1.39. The van der Waals surface area contributed by atoms with Gasteiger partial charge in [0.2, 0.25) is 5.91 Å². The molecule has 1 aromatic carbocycles. The van der Waals surface area contributed by atoms with Gasteiger partial charge >= 0.3 is 0 Å². The maximum Gasteiger partial charge on any atom is 0.238 e. The molecule has 0 bridgehead atoms. The van der Waals surface area contributed by atoms with Crippen molar-refractivity contribution in [3.63, 3.8) is 0 Å². The summed E-state index contributed by atoms with van der Waals surface area (Å²) in [6, 6.07) is 8.26. The van der Waals surface area contributed by atoms with Crippen molar-refractivity contribution in [3.8, 4) is 0 Å². The largest absolute Gasteiger partial charge is 0.329 e. The van der Waals surface area contributed by atoms with Crippen molar-refractivity contribution in [2.45, 2.75) is 39.7 Å². The van der Waals surface area contributed by atoms with Gasteiger partial charge in [-0.15, -0.1) is 0 Å². The lowest BCUT2D eigenvalue weighted by Crippen LogP contribution is -2.43. The van der Waals surface area contributed by atoms with Crippen LogP contribution in [-0.4, -0.2) is 36.5 Å². The summed E-state index contributed by atoms with van der Waals surface area (Å²) in [7, 11) is 0. The van der Waals surface area contributed by atoms with Gasteiger partial charge in [-0.05, 0) is 31.9 Å². The first-order valence-corrected chi connectivity index (χ1v) is 7.41. The van der Waals surface area contributed by atoms with E-state index in [0.29, 0.717) is 19.1 Å². The minimum Gasteiger partial charge on any atom is -0.329 e. The van der Waals surface area contributed by atoms with Crippen molar-refractivity contribution < 1.29 is 4.79 Å². The second kappa shape index (κ2) is 8.72. The summed E-state index contributed by atoms with van der Waals surface area (Å²) in [5, 5.41) is 2.94. The molecule has 0 saturated carbocycles. The van der Waals surface area contributed by atoms with E-state index in [9.17, 15) is 4.79 Å². The first-order chi connectivity index (χ1) is 9.60. The number of hydrogen-bond acceptors (Lipinski definition) is 3. The van der Waals surface area contributed by atoms with E-state index in [2.05, 4.69) is 24.1 Å². The molecule has 1 rings (SSSR count). The minimum atomic E-state index is 0.0224. The lowest BCUT2D eigenvalue weighted by molar-refractivity contribution is -0.117. The number of nitrogens with two attached hydrogens (primary N) is 1. The minimum absolute atomic E-state index is 0.0224. The van der Waals surface area contributed by atoms with Crippen molar-refractivity contribution in [2.24, 2.45) is 5.73 Å². The van der Waals surface area contributed by atoms with Crippen LogP contribution in [0.15, 0.2) is 24.3 Å². The van der Waals surface area contributed by atoms with E-state index in [0.717, 1.165) is 25.1 Å². The van der Waals surface area contributed by atoms with Gasteiger partial charge < -0.3 is 11.1 Å². The van der Waals surface area contributed by atoms with E-state index in [1.165, 1.54) is 5.56 Å². The van der Waals surface area contributed by atoms with Crippen molar-refractivity contribution in [1.82, 2.24) is 4.90 Å². The molecule has 112 valence electrons. The second-order valence-corrected chi connectivity index (χ2v) is 5.14. The summed E-state index contributed by atoms with van der Waals surface area (Å²) >= 11 is 0. The molecule has 1 aromatic rings. The van der Waals surface area contributed by atoms with E-state index in [1.807, 2.05) is 31.2 Å². The van der Waals surface area contributed by atoms with Crippen molar-refractivity contribution in [3.05, 3.63) is 29.8 Å². The monoisotopic (exact) mass is 277 g/mol. The van der Waals surface area contributed by atoms with Crippen LogP contribution >= 0.6 is 0 Å². The van der Waals surface area contributed by atoms with Crippen LogP contribution in [0.4, 0.5) is 5.69 Å². The quantitative estimate of drug-likeness (QED) is 0.767. The lowest BCUT2D eigenvalue weighted by atomic mass is 10.1. The smallest absolute Gasteiger partial charge is 0.238 e. The first-order valence-electron chi connectivity index (χ1n) is 7.41. The van der Waals surface area contributed by atoms with Gasteiger partial charge in [-0.3, -0.25) is 9.69 Å². The first kappa shape index (κ1) is 16.7. The molecule has 0 aliphatic heterocycles. The van der Waals surface area contributed by atoms with E-state index in [4.69, 9.17) is 5.73 Å². The molecule has 20 heavy (non-hydrogen) atoms. The van der Waals surface area contributed by atoms with Crippen LogP contribution in [0.5, 0.6) is 0 Å². The molecule has 0 aliphatic rings. The Labute approximate surface area is 122 Å². The Kier molecular flexibility index (Phi) is 7.26. The number of rotatable bonds is 8. The van der Waals surface area contributed by atoms with Crippen LogP contribution in [0.1, 0.15) is 32.3 Å². The Morgan fingerprint density at radius 3 is 2.35 bits per heavy atom. The van der Waals surface area contributed by atoms with Crippen molar-refractivity contribution in [2.75, 3.05) is 25.0 Å². The average Bonchev–Trinajstić information content (AvgIpc) is 2.43. The molecule has 0 unspecified atom stereocenters. The fourth-order valence-electron chi connectivity index (χ4n) is 2.38. The maximum absolute atomic E-state index is 12.1. The van der Waals surface area contributed by atoms with Gasteiger partial charge in [0.15, 0.2) is 0 Å². The van der Waals surface area contributed by atoms with E-state index in [1.54, 1.807) is 0 Å². The number of amides is 1. The molecular formula is C16H27N3O. The molecule has 0 aliphatic carbocycles. The van der Waals surface area contributed by atoms with Crippen molar-refractivity contribution in [1.29, 1.82) is 0 Å². The predicted octanol–water partition coefficient (Wildman–Crippen LogP) is 2.38. The zero-order valence-electron chi connectivity index (χ0n) is 12.9. The zero-order chi connectivity index (χ0) is 15.0. The summed E-state index contributed by atoms with van der Waals surface area (Å²) in [5.41, 5.74) is 7.68. The van der Waals surface area contributed by atoms with Crippen LogP contribution in [0.2, 0.25) is 0 Å². The van der Waals surface area contributed by atoms with Gasteiger partial charge in [-0.1, -0.05) is 31.5 Å². The van der Waals surface area contributed by atoms with Crippen molar-refractivity contribution >= 4 is 11.6 Å². The number of nitrogens with zero attached hydrogens (tertiary/aromatic N) is 1. The Balaban J connectivity index is 2.59. The van der Waals surface area contributed by atoms with E-state index in [-0.39, 0.29) is 5.91 Å². The van der Waals surface area contributed by atoms with Gasteiger partial charge in [0.1, 0.15) is 0 Å². The number of benzene rings is 1. The SMILES string of the molecule is CCC(CC)N(CCN)CC(=O)Nc1ccc(C)cc1. The number of anilines is 1. The highest BCUT2D eigenvalue weighted by atomic mass is 16.2. The summed E-state index contributed by atoms with van der Waals surface area (Å²) in [6.45, 7) is 8.06. The third kappa shape index (κ3) is 5.31. The molecule has 0 atom stereocenters. The number of aryl methyl sites for hydroxylation is 1. The molecule has 3 N–H and O–H groups in total. The van der Waals surface area contributed by atoms with Gasteiger partial charge in [0.25, 0.3) is 0 Å². The molecule has 0 fully saturated rings. The highest BCUT2D eigenvalue weighted by Gasteiger charge is 2.17. The molecule has 0 saturated heterocycles. The summed E-state index contributed by atoms with van der Waals surface area (Å²) in [4.78, 5) is 14.3. The lowest BCUT2D eigenvalue weighted by Gasteiger charge is -2.29. The standard InChI is InChI=1S/C16H27N3O/c1-4-15(5-2)19(11-10-17)12-16(20)18-14-8-6-13(3)7-9-14/h6-9,15H,4-5,10-12,17H2,1-3H3,(H,18,20). The molecule has 0 spiro atoms. The number of carbonyl (C=O) groups excluding carboxylic acids is 1. The fraction of sp³-hybridized carbons (Fsp3) is 0.562. The zero-order valence-corrected chi connectivity index (χ0v) is 12.9. The molecule has 4 nitrogen and oxygen atoms in total. The maximum atomic E-state index is 12.1. The van der Waals surface area contributed by atoms with Crippen LogP contribution in [-0.2, 0) is 4.79 Å². The van der Waals surface area contributed by atoms with Crippen LogP contribution in [0.25, 0.3) is 0 Å². The highest BCUT2D eigenvalue weighted by Crippen LogP contribution is 2.11. The van der Waals surface area contributed by atoms with Crippen LogP contribution in [0.3, 0.4) is 0 Å². The van der Waals surface area contributed by atoms with Gasteiger partial charge in [-0.25, -0.2) is 0 Å². The third-order valence-electron chi connectivity index (χ3n) is 3.56. The Morgan fingerprint density at radius 2 is 1.85 bits per heavy atom. The third-order valence-corrected chi connectivity index (χ3v) is 3.56. The fourth-order valence-corrected chi connectivity index (χ4v) is 2.38. The molecule has 4 heteroatoms. The summed E-state index contributed by atoms with van der Waals surface area (Å²) < 4.78 is 0. The summed E-state index contributed by atoms with van der Waals surface area (Å²) in [5.74, 6) is 0.0224. The van der Waals surface area contributed by atoms with Gasteiger partial charge in [-0.2, -0.15) is 0 Å². The van der Waals surface area contributed by atoms with E-state index < -0.39 is 0 Å². The second-order valence-electron chi connectivity index (χ2n) is 5.14. The van der Waals surface area contributed by atoms with Gasteiger partial charge in [0.05, 0.1) is 6.54 Å². The normalized spacial score (nSPS) is 11.1. The van der Waals surface area contributed by atoms with Crippen LogP contribution < -0.4 is 11.1 Å². The summed E-state index contributed by atoms with van der Waals surface area (Å²) in [6.07, 6.45) is 2.07. The van der Waals surface area contributed by atoms with E-state index >= 15 is 0 Å². The van der Waals surface area contributed by atoms with Crippen LogP contribution in [0, 0.1) is 6.92 Å². The molecular weight excluding hydrogens is 250 g/mol. The Bertz CT molecular complexity index is 399. The predicted molar refractivity (Wildman–Crippen MR) is 84.8 cm³/mol.